The second-order valence-corrected chi connectivity index (χ2v) is 5.89. The number of aromatic nitrogens is 2. The number of rotatable bonds is 4. The van der Waals surface area contributed by atoms with E-state index in [0.29, 0.717) is 10.7 Å². The first-order valence-electron chi connectivity index (χ1n) is 5.58. The van der Waals surface area contributed by atoms with Gasteiger partial charge in [0.2, 0.25) is 0 Å². The molecular formula is C14H11IN2OS. The Morgan fingerprint density at radius 1 is 1.26 bits per heavy atom. The maximum absolute atomic E-state index is 11.9. The van der Waals surface area contributed by atoms with E-state index in [1.807, 2.05) is 37.3 Å². The van der Waals surface area contributed by atoms with Crippen LogP contribution in [0.5, 0.6) is 0 Å². The number of hydrogen-bond acceptors (Lipinski definition) is 4. The van der Waals surface area contributed by atoms with Crippen molar-refractivity contribution in [3.63, 3.8) is 0 Å². The van der Waals surface area contributed by atoms with Gasteiger partial charge in [0.25, 0.3) is 0 Å². The maximum Gasteiger partial charge on any atom is 0.192 e. The highest BCUT2D eigenvalue weighted by Gasteiger charge is 2.01. The van der Waals surface area contributed by atoms with E-state index in [1.54, 1.807) is 17.7 Å². The molecule has 0 radical (unpaired) electrons. The molecule has 0 amide bonds. The third-order valence-electron chi connectivity index (χ3n) is 2.29. The Labute approximate surface area is 129 Å². The molecule has 5 heteroatoms. The lowest BCUT2D eigenvalue weighted by atomic mass is 10.1. The number of thioether (sulfide) groups is 1. The first-order chi connectivity index (χ1) is 9.15. The van der Waals surface area contributed by atoms with Crippen molar-refractivity contribution in [2.75, 3.05) is 0 Å². The molecule has 0 spiro atoms. The van der Waals surface area contributed by atoms with Gasteiger partial charge in [-0.15, -0.1) is 0 Å². The van der Waals surface area contributed by atoms with Gasteiger partial charge in [0.15, 0.2) is 10.9 Å². The van der Waals surface area contributed by atoms with E-state index in [-0.39, 0.29) is 5.78 Å². The highest BCUT2D eigenvalue weighted by Crippen LogP contribution is 2.14. The Hall–Kier alpha value is -1.21. The van der Waals surface area contributed by atoms with E-state index >= 15 is 0 Å². The van der Waals surface area contributed by atoms with E-state index in [1.165, 1.54) is 11.8 Å². The Morgan fingerprint density at radius 3 is 2.68 bits per heavy atom. The highest BCUT2D eigenvalue weighted by atomic mass is 127. The number of benzene rings is 1. The SMILES string of the molecule is Cc1ccnc(S/C=C/C(=O)c2ccc(I)cc2)n1. The molecule has 2 aromatic rings. The third kappa shape index (κ3) is 4.43. The van der Waals surface area contributed by atoms with Gasteiger partial charge in [0.05, 0.1) is 0 Å². The van der Waals surface area contributed by atoms with Crippen molar-refractivity contribution in [1.29, 1.82) is 0 Å². The standard InChI is InChI=1S/C14H11IN2OS/c1-10-6-8-16-14(17-10)19-9-7-13(18)11-2-4-12(15)5-3-11/h2-9H,1H3/b9-7+. The van der Waals surface area contributed by atoms with Crippen LogP contribution in [0.4, 0.5) is 0 Å². The first-order valence-corrected chi connectivity index (χ1v) is 7.54. The van der Waals surface area contributed by atoms with Crippen LogP contribution in [0, 0.1) is 10.5 Å². The molecule has 0 bridgehead atoms. The molecule has 0 aliphatic carbocycles. The molecule has 19 heavy (non-hydrogen) atoms. The maximum atomic E-state index is 11.9. The minimum Gasteiger partial charge on any atom is -0.289 e. The minimum atomic E-state index is -0.0171. The predicted octanol–water partition coefficient (Wildman–Crippen LogP) is 3.88. The molecule has 0 unspecified atom stereocenters. The Bertz CT molecular complexity index is 611. The van der Waals surface area contributed by atoms with Crippen LogP contribution in [0.25, 0.3) is 0 Å². The fourth-order valence-electron chi connectivity index (χ4n) is 1.35. The van der Waals surface area contributed by atoms with Crippen molar-refractivity contribution in [3.05, 3.63) is 62.8 Å². The molecule has 3 nitrogen and oxygen atoms in total. The molecule has 1 aromatic carbocycles. The van der Waals surface area contributed by atoms with Gasteiger partial charge in [0, 0.05) is 21.0 Å². The van der Waals surface area contributed by atoms with Crippen LogP contribution in [0.15, 0.2) is 53.2 Å². The molecule has 0 fully saturated rings. The predicted molar refractivity (Wildman–Crippen MR) is 85.3 cm³/mol. The Balaban J connectivity index is 1.99. The van der Waals surface area contributed by atoms with Gasteiger partial charge in [-0.25, -0.2) is 9.97 Å². The molecule has 0 aliphatic rings. The van der Waals surface area contributed by atoms with Crippen molar-refractivity contribution in [3.8, 4) is 0 Å². The molecule has 1 heterocycles. The molecule has 0 saturated carbocycles. The number of halogens is 1. The molecule has 1 aromatic heterocycles. The summed E-state index contributed by atoms with van der Waals surface area (Å²) >= 11 is 3.55. The van der Waals surface area contributed by atoms with Crippen LogP contribution >= 0.6 is 34.4 Å². The van der Waals surface area contributed by atoms with Gasteiger partial charge < -0.3 is 0 Å². The summed E-state index contributed by atoms with van der Waals surface area (Å²) in [5, 5.41) is 2.36. The number of carbonyl (C=O) groups is 1. The minimum absolute atomic E-state index is 0.0171. The van der Waals surface area contributed by atoms with Crippen LogP contribution in [0.2, 0.25) is 0 Å². The van der Waals surface area contributed by atoms with E-state index < -0.39 is 0 Å². The van der Waals surface area contributed by atoms with Crippen molar-refractivity contribution in [1.82, 2.24) is 9.97 Å². The van der Waals surface area contributed by atoms with Gasteiger partial charge in [-0.05, 0) is 59.2 Å². The highest BCUT2D eigenvalue weighted by molar-refractivity contribution is 14.1. The lowest BCUT2D eigenvalue weighted by Gasteiger charge is -1.97. The summed E-state index contributed by atoms with van der Waals surface area (Å²) < 4.78 is 1.11. The topological polar surface area (TPSA) is 42.9 Å². The van der Waals surface area contributed by atoms with Crippen molar-refractivity contribution < 1.29 is 4.79 Å². The van der Waals surface area contributed by atoms with E-state index in [0.717, 1.165) is 9.26 Å². The van der Waals surface area contributed by atoms with Crippen LogP contribution in [0.1, 0.15) is 16.1 Å². The molecule has 0 N–H and O–H groups in total. The monoisotopic (exact) mass is 382 g/mol. The van der Waals surface area contributed by atoms with E-state index in [2.05, 4.69) is 32.6 Å². The largest absolute Gasteiger partial charge is 0.289 e. The second kappa shape index (κ2) is 6.81. The van der Waals surface area contributed by atoms with Crippen LogP contribution in [-0.2, 0) is 0 Å². The molecular weight excluding hydrogens is 371 g/mol. The zero-order valence-electron chi connectivity index (χ0n) is 10.2. The fraction of sp³-hybridized carbons (Fsp3) is 0.0714. The zero-order valence-corrected chi connectivity index (χ0v) is 13.2. The van der Waals surface area contributed by atoms with Crippen LogP contribution in [-0.4, -0.2) is 15.8 Å². The van der Waals surface area contributed by atoms with Gasteiger partial charge in [0.1, 0.15) is 0 Å². The molecule has 0 atom stereocenters. The summed E-state index contributed by atoms with van der Waals surface area (Å²) in [6, 6.07) is 9.31. The van der Waals surface area contributed by atoms with Gasteiger partial charge in [-0.3, -0.25) is 4.79 Å². The number of aryl methyl sites for hydroxylation is 1. The molecule has 96 valence electrons. The number of ketones is 1. The van der Waals surface area contributed by atoms with Gasteiger partial charge >= 0.3 is 0 Å². The van der Waals surface area contributed by atoms with Crippen LogP contribution < -0.4 is 0 Å². The Kier molecular flexibility index (Phi) is 5.09. The summed E-state index contributed by atoms with van der Waals surface area (Å²) in [6.45, 7) is 1.91. The quantitative estimate of drug-likeness (QED) is 0.265. The number of carbonyl (C=O) groups excluding carboxylic acids is 1. The first kappa shape index (κ1) is 14.2. The molecule has 0 aliphatic heterocycles. The van der Waals surface area contributed by atoms with Crippen molar-refractivity contribution in [2.24, 2.45) is 0 Å². The lowest BCUT2D eigenvalue weighted by Crippen LogP contribution is -1.93. The number of allylic oxidation sites excluding steroid dienone is 1. The summed E-state index contributed by atoms with van der Waals surface area (Å²) in [5.74, 6) is -0.0171. The summed E-state index contributed by atoms with van der Waals surface area (Å²) in [5.41, 5.74) is 1.59. The second-order valence-electron chi connectivity index (χ2n) is 3.77. The van der Waals surface area contributed by atoms with Gasteiger partial charge in [-0.1, -0.05) is 23.9 Å². The van der Waals surface area contributed by atoms with Crippen LogP contribution in [0.3, 0.4) is 0 Å². The average Bonchev–Trinajstić information content (AvgIpc) is 2.39. The normalized spacial score (nSPS) is 10.8. The average molecular weight is 382 g/mol. The van der Waals surface area contributed by atoms with Crippen molar-refractivity contribution in [2.45, 2.75) is 12.1 Å². The zero-order chi connectivity index (χ0) is 13.7. The Morgan fingerprint density at radius 2 is 2.00 bits per heavy atom. The lowest BCUT2D eigenvalue weighted by molar-refractivity contribution is 0.104. The smallest absolute Gasteiger partial charge is 0.192 e. The fourth-order valence-corrected chi connectivity index (χ4v) is 2.34. The van der Waals surface area contributed by atoms with E-state index in [9.17, 15) is 4.79 Å². The van der Waals surface area contributed by atoms with Gasteiger partial charge in [-0.2, -0.15) is 0 Å². The summed E-state index contributed by atoms with van der Waals surface area (Å²) in [7, 11) is 0. The molecule has 0 saturated heterocycles. The van der Waals surface area contributed by atoms with E-state index in [4.69, 9.17) is 0 Å². The third-order valence-corrected chi connectivity index (χ3v) is 3.69. The number of nitrogens with zero attached hydrogens (tertiary/aromatic N) is 2. The van der Waals surface area contributed by atoms with Crippen molar-refractivity contribution >= 4 is 40.1 Å². The number of hydrogen-bond donors (Lipinski definition) is 0. The molecule has 2 rings (SSSR count). The summed E-state index contributed by atoms with van der Waals surface area (Å²) in [6.07, 6.45) is 3.25. The summed E-state index contributed by atoms with van der Waals surface area (Å²) in [4.78, 5) is 20.2.